The molecule has 1 aliphatic carbocycles. The summed E-state index contributed by atoms with van der Waals surface area (Å²) in [4.78, 5) is 12.3. The van der Waals surface area contributed by atoms with E-state index in [0.717, 1.165) is 25.9 Å². The molecule has 3 nitrogen and oxygen atoms in total. The fourth-order valence-electron chi connectivity index (χ4n) is 2.98. The Morgan fingerprint density at radius 2 is 1.70 bits per heavy atom. The second kappa shape index (κ2) is 6.93. The Morgan fingerprint density at radius 3 is 2.25 bits per heavy atom. The van der Waals surface area contributed by atoms with Gasteiger partial charge in [-0.3, -0.25) is 4.79 Å². The predicted octanol–water partition coefficient (Wildman–Crippen LogP) is 3.34. The van der Waals surface area contributed by atoms with Gasteiger partial charge in [-0.15, -0.1) is 0 Å². The second-order valence-electron chi connectivity index (χ2n) is 8.39. The van der Waals surface area contributed by atoms with Gasteiger partial charge in [0.05, 0.1) is 0 Å². The van der Waals surface area contributed by atoms with Gasteiger partial charge in [0.15, 0.2) is 0 Å². The van der Waals surface area contributed by atoms with Gasteiger partial charge < -0.3 is 10.6 Å². The standard InChI is InChI=1S/C17H34N2O/c1-16(2,3)14-9-7-8-13(12-14)15(20)18-10-11-19-17(4,5)6/h13-14,19H,7-12H2,1-6H3,(H,18,20). The fourth-order valence-corrected chi connectivity index (χ4v) is 2.98. The third-order valence-electron chi connectivity index (χ3n) is 4.35. The van der Waals surface area contributed by atoms with Crippen molar-refractivity contribution in [3.8, 4) is 0 Å². The molecule has 0 bridgehead atoms. The van der Waals surface area contributed by atoms with E-state index in [0.29, 0.717) is 11.3 Å². The summed E-state index contributed by atoms with van der Waals surface area (Å²) < 4.78 is 0. The molecule has 0 spiro atoms. The fraction of sp³-hybridized carbons (Fsp3) is 0.941. The monoisotopic (exact) mass is 282 g/mol. The number of hydrogen-bond donors (Lipinski definition) is 2. The van der Waals surface area contributed by atoms with Crippen molar-refractivity contribution in [3.05, 3.63) is 0 Å². The van der Waals surface area contributed by atoms with E-state index < -0.39 is 0 Å². The van der Waals surface area contributed by atoms with Crippen molar-refractivity contribution >= 4 is 5.91 Å². The summed E-state index contributed by atoms with van der Waals surface area (Å²) in [5.74, 6) is 1.16. The van der Waals surface area contributed by atoms with E-state index in [1.807, 2.05) is 0 Å². The van der Waals surface area contributed by atoms with E-state index in [4.69, 9.17) is 0 Å². The molecule has 1 aliphatic rings. The maximum absolute atomic E-state index is 12.3. The molecule has 0 heterocycles. The molecule has 1 fully saturated rings. The third kappa shape index (κ3) is 6.25. The van der Waals surface area contributed by atoms with E-state index in [-0.39, 0.29) is 17.4 Å². The Hall–Kier alpha value is -0.570. The molecule has 20 heavy (non-hydrogen) atoms. The van der Waals surface area contributed by atoms with Crippen molar-refractivity contribution in [2.75, 3.05) is 13.1 Å². The lowest BCUT2D eigenvalue weighted by atomic mass is 9.69. The van der Waals surface area contributed by atoms with Gasteiger partial charge in [-0.2, -0.15) is 0 Å². The molecule has 0 aromatic rings. The molecule has 2 atom stereocenters. The number of hydrogen-bond acceptors (Lipinski definition) is 2. The zero-order valence-corrected chi connectivity index (χ0v) is 14.3. The zero-order chi connectivity index (χ0) is 15.4. The highest BCUT2D eigenvalue weighted by Gasteiger charge is 2.33. The Labute approximate surface area is 125 Å². The number of carbonyl (C=O) groups excluding carboxylic acids is 1. The Bertz CT molecular complexity index is 312. The molecule has 0 radical (unpaired) electrons. The van der Waals surface area contributed by atoms with E-state index in [9.17, 15) is 4.79 Å². The quantitative estimate of drug-likeness (QED) is 0.776. The Morgan fingerprint density at radius 1 is 1.05 bits per heavy atom. The maximum Gasteiger partial charge on any atom is 0.223 e. The molecule has 118 valence electrons. The van der Waals surface area contributed by atoms with Crippen LogP contribution in [0.15, 0.2) is 0 Å². The SMILES string of the molecule is CC(C)(C)NCCNC(=O)C1CCCC(C(C)(C)C)C1. The largest absolute Gasteiger partial charge is 0.355 e. The van der Waals surface area contributed by atoms with Crippen molar-refractivity contribution in [3.63, 3.8) is 0 Å². The van der Waals surface area contributed by atoms with Gasteiger partial charge in [0.25, 0.3) is 0 Å². The first-order valence-electron chi connectivity index (χ1n) is 8.12. The molecular weight excluding hydrogens is 248 g/mol. The number of amides is 1. The van der Waals surface area contributed by atoms with Gasteiger partial charge in [-0.05, 0) is 51.4 Å². The van der Waals surface area contributed by atoms with Crippen molar-refractivity contribution in [2.45, 2.75) is 72.8 Å². The zero-order valence-electron chi connectivity index (χ0n) is 14.3. The summed E-state index contributed by atoms with van der Waals surface area (Å²) in [6, 6.07) is 0. The van der Waals surface area contributed by atoms with Crippen molar-refractivity contribution in [1.29, 1.82) is 0 Å². The first kappa shape index (κ1) is 17.5. The highest BCUT2D eigenvalue weighted by atomic mass is 16.1. The van der Waals surface area contributed by atoms with Crippen LogP contribution in [0.25, 0.3) is 0 Å². The minimum absolute atomic E-state index is 0.118. The first-order chi connectivity index (χ1) is 9.09. The topological polar surface area (TPSA) is 41.1 Å². The predicted molar refractivity (Wildman–Crippen MR) is 85.7 cm³/mol. The van der Waals surface area contributed by atoms with E-state index in [2.05, 4.69) is 52.2 Å². The van der Waals surface area contributed by atoms with Gasteiger partial charge in [0, 0.05) is 24.5 Å². The molecule has 0 saturated heterocycles. The smallest absolute Gasteiger partial charge is 0.223 e. The molecular formula is C17H34N2O. The van der Waals surface area contributed by atoms with E-state index in [1.165, 1.54) is 12.8 Å². The minimum atomic E-state index is 0.118. The number of carbonyl (C=O) groups is 1. The van der Waals surface area contributed by atoms with Crippen LogP contribution < -0.4 is 10.6 Å². The van der Waals surface area contributed by atoms with E-state index >= 15 is 0 Å². The maximum atomic E-state index is 12.3. The van der Waals surface area contributed by atoms with Crippen LogP contribution in [0.4, 0.5) is 0 Å². The highest BCUT2D eigenvalue weighted by Crippen LogP contribution is 2.40. The van der Waals surface area contributed by atoms with Crippen LogP contribution in [0, 0.1) is 17.3 Å². The van der Waals surface area contributed by atoms with Gasteiger partial charge in [0.1, 0.15) is 0 Å². The van der Waals surface area contributed by atoms with Crippen LogP contribution >= 0.6 is 0 Å². The molecule has 0 aliphatic heterocycles. The second-order valence-corrected chi connectivity index (χ2v) is 8.39. The summed E-state index contributed by atoms with van der Waals surface area (Å²) in [6.07, 6.45) is 4.59. The first-order valence-corrected chi connectivity index (χ1v) is 8.12. The average molecular weight is 282 g/mol. The van der Waals surface area contributed by atoms with Crippen LogP contribution in [0.2, 0.25) is 0 Å². The Kier molecular flexibility index (Phi) is 6.06. The lowest BCUT2D eigenvalue weighted by Gasteiger charge is -2.37. The molecule has 1 amide bonds. The number of rotatable bonds is 4. The molecule has 0 aromatic heterocycles. The summed E-state index contributed by atoms with van der Waals surface area (Å²) in [5.41, 5.74) is 0.444. The molecule has 0 aromatic carbocycles. The van der Waals surface area contributed by atoms with Crippen molar-refractivity contribution in [1.82, 2.24) is 10.6 Å². The Balaban J connectivity index is 2.33. The molecule has 2 unspecified atom stereocenters. The van der Waals surface area contributed by atoms with Gasteiger partial charge in [0.2, 0.25) is 5.91 Å². The van der Waals surface area contributed by atoms with Gasteiger partial charge >= 0.3 is 0 Å². The van der Waals surface area contributed by atoms with Crippen LogP contribution in [-0.2, 0) is 4.79 Å². The van der Waals surface area contributed by atoms with E-state index in [1.54, 1.807) is 0 Å². The van der Waals surface area contributed by atoms with Gasteiger partial charge in [-0.25, -0.2) is 0 Å². The highest BCUT2D eigenvalue weighted by molar-refractivity contribution is 5.78. The average Bonchev–Trinajstić information content (AvgIpc) is 2.32. The lowest BCUT2D eigenvalue weighted by molar-refractivity contribution is -0.126. The van der Waals surface area contributed by atoms with Crippen molar-refractivity contribution < 1.29 is 4.79 Å². The third-order valence-corrected chi connectivity index (χ3v) is 4.35. The van der Waals surface area contributed by atoms with Crippen molar-refractivity contribution in [2.24, 2.45) is 17.3 Å². The number of nitrogens with one attached hydrogen (secondary N) is 2. The van der Waals surface area contributed by atoms with Crippen LogP contribution in [-0.4, -0.2) is 24.5 Å². The summed E-state index contributed by atoms with van der Waals surface area (Å²) in [5, 5.41) is 6.49. The summed E-state index contributed by atoms with van der Waals surface area (Å²) in [7, 11) is 0. The molecule has 1 rings (SSSR count). The normalized spacial score (nSPS) is 24.5. The summed E-state index contributed by atoms with van der Waals surface area (Å²) in [6.45, 7) is 14.9. The molecule has 1 saturated carbocycles. The summed E-state index contributed by atoms with van der Waals surface area (Å²) >= 11 is 0. The molecule has 2 N–H and O–H groups in total. The lowest BCUT2D eigenvalue weighted by Crippen LogP contribution is -2.43. The van der Waals surface area contributed by atoms with Gasteiger partial charge in [-0.1, -0.05) is 27.2 Å². The van der Waals surface area contributed by atoms with Crippen LogP contribution in [0.1, 0.15) is 67.2 Å². The van der Waals surface area contributed by atoms with Crippen LogP contribution in [0.3, 0.4) is 0 Å². The minimum Gasteiger partial charge on any atom is -0.355 e. The van der Waals surface area contributed by atoms with Crippen LogP contribution in [0.5, 0.6) is 0 Å². The molecule has 3 heteroatoms.